The molecule has 1 aromatic carbocycles. The number of hydrogen-bond donors (Lipinski definition) is 2. The van der Waals surface area contributed by atoms with Gasteiger partial charge in [-0.2, -0.15) is 5.26 Å². The fourth-order valence-electron chi connectivity index (χ4n) is 2.79. The predicted molar refractivity (Wildman–Crippen MR) is 114 cm³/mol. The molecule has 0 saturated carbocycles. The van der Waals surface area contributed by atoms with Crippen LogP contribution < -0.4 is 5.32 Å². The number of amides is 2. The average Bonchev–Trinajstić information content (AvgIpc) is 3.11. The van der Waals surface area contributed by atoms with E-state index < -0.39 is 28.0 Å². The third-order valence-electron chi connectivity index (χ3n) is 4.23. The van der Waals surface area contributed by atoms with Crippen molar-refractivity contribution in [2.24, 2.45) is 4.36 Å². The number of anilines is 1. The lowest BCUT2D eigenvalue weighted by molar-refractivity contribution is 0.0783. The summed E-state index contributed by atoms with van der Waals surface area (Å²) >= 11 is 0.989. The van der Waals surface area contributed by atoms with Gasteiger partial charge in [-0.05, 0) is 41.5 Å². The minimum absolute atomic E-state index is 0.0929. The molecule has 0 fully saturated rings. The maximum absolute atomic E-state index is 14.8. The molecule has 0 bridgehead atoms. The van der Waals surface area contributed by atoms with Crippen LogP contribution in [0, 0.1) is 17.1 Å². The molecule has 0 radical (unpaired) electrons. The zero-order valence-corrected chi connectivity index (χ0v) is 19.2. The van der Waals surface area contributed by atoms with Crippen molar-refractivity contribution in [1.29, 1.82) is 5.26 Å². The van der Waals surface area contributed by atoms with Crippen LogP contribution in [0.4, 0.5) is 14.9 Å². The molecule has 10 heteroatoms. The van der Waals surface area contributed by atoms with Gasteiger partial charge in [-0.15, -0.1) is 21.9 Å². The maximum Gasteiger partial charge on any atom is 0.322 e. The van der Waals surface area contributed by atoms with Gasteiger partial charge in [-0.3, -0.25) is 0 Å². The van der Waals surface area contributed by atoms with Gasteiger partial charge in [0.25, 0.3) is 0 Å². The number of aliphatic hydroxyl groups is 1. The van der Waals surface area contributed by atoms with Crippen molar-refractivity contribution in [3.8, 4) is 6.07 Å². The van der Waals surface area contributed by atoms with Gasteiger partial charge in [0, 0.05) is 11.8 Å². The molecule has 2 N–H and O–H groups in total. The lowest BCUT2D eigenvalue weighted by Gasteiger charge is -2.21. The molecule has 30 heavy (non-hydrogen) atoms. The topological polar surface area (TPSA) is 115 Å². The molecule has 0 spiro atoms. The molecular weight excluding hydrogens is 427 g/mol. The Kier molecular flexibility index (Phi) is 7.34. The summed E-state index contributed by atoms with van der Waals surface area (Å²) in [5, 5.41) is 22.1. The number of nitriles is 1. The number of carbonyl (C=O) groups is 1. The van der Waals surface area contributed by atoms with Crippen molar-refractivity contribution in [1.82, 2.24) is 4.98 Å². The fraction of sp³-hybridized carbons (Fsp3) is 0.450. The molecule has 1 aromatic heterocycles. The summed E-state index contributed by atoms with van der Waals surface area (Å²) in [6.45, 7) is 10.3. The molecule has 1 heterocycles. The van der Waals surface area contributed by atoms with Crippen LogP contribution in [0.15, 0.2) is 20.8 Å². The van der Waals surface area contributed by atoms with Gasteiger partial charge in [0.05, 0.1) is 11.3 Å². The minimum atomic E-state index is -2.04. The summed E-state index contributed by atoms with van der Waals surface area (Å²) in [7, 11) is -2.04. The molecule has 2 rings (SSSR count). The number of hydrogen-bond acceptors (Lipinski definition) is 7. The minimum Gasteiger partial charge on any atom is -0.439 e. The first-order valence-corrected chi connectivity index (χ1v) is 11.2. The Morgan fingerprint density at radius 1 is 1.37 bits per heavy atom. The van der Waals surface area contributed by atoms with Gasteiger partial charge in [0.1, 0.15) is 22.5 Å². The number of urea groups is 1. The maximum atomic E-state index is 14.8. The summed E-state index contributed by atoms with van der Waals surface area (Å²) in [6.07, 6.45) is 1.30. The summed E-state index contributed by atoms with van der Waals surface area (Å²) in [4.78, 5) is 16.5. The number of rotatable bonds is 5. The van der Waals surface area contributed by atoms with E-state index in [0.29, 0.717) is 10.6 Å². The first-order valence-electron chi connectivity index (χ1n) is 9.26. The van der Waals surface area contributed by atoms with E-state index in [1.165, 1.54) is 12.3 Å². The second-order valence-corrected chi connectivity index (χ2v) is 10.3. The second-order valence-electron chi connectivity index (χ2n) is 7.85. The molecular formula is C20H24FN4O3S2-. The highest BCUT2D eigenvalue weighted by Gasteiger charge is 2.23. The zero-order chi connectivity index (χ0) is 22.8. The molecule has 2 amide bonds. The van der Waals surface area contributed by atoms with Crippen molar-refractivity contribution in [3.05, 3.63) is 39.8 Å². The highest BCUT2D eigenvalue weighted by Crippen LogP contribution is 2.36. The fourth-order valence-corrected chi connectivity index (χ4v) is 4.51. The highest BCUT2D eigenvalue weighted by molar-refractivity contribution is 7.78. The third kappa shape index (κ3) is 5.22. The van der Waals surface area contributed by atoms with Gasteiger partial charge in [-0.1, -0.05) is 27.7 Å². The van der Waals surface area contributed by atoms with Crippen LogP contribution in [0.3, 0.4) is 0 Å². The number of aromatic nitrogens is 1. The SMILES string of the molecule is CC(C)c1cc(C#N)c(F)c(C(C)C)c1NC(=O)N=[S-](=O)c1cnc(C(C)(C)O)s1. The van der Waals surface area contributed by atoms with Crippen molar-refractivity contribution < 1.29 is 18.5 Å². The first-order chi connectivity index (χ1) is 13.9. The molecule has 0 saturated heterocycles. The van der Waals surface area contributed by atoms with Gasteiger partial charge in [-0.25, -0.2) is 14.2 Å². The summed E-state index contributed by atoms with van der Waals surface area (Å²) in [6, 6.07) is 2.36. The van der Waals surface area contributed by atoms with Crippen LogP contribution in [0.25, 0.3) is 0 Å². The Morgan fingerprint density at radius 2 is 2.00 bits per heavy atom. The van der Waals surface area contributed by atoms with Crippen LogP contribution >= 0.6 is 11.3 Å². The highest BCUT2D eigenvalue weighted by atomic mass is 32.2. The lowest BCUT2D eigenvalue weighted by Crippen LogP contribution is -2.14. The van der Waals surface area contributed by atoms with E-state index in [2.05, 4.69) is 14.7 Å². The van der Waals surface area contributed by atoms with E-state index in [-0.39, 0.29) is 32.9 Å². The predicted octanol–water partition coefficient (Wildman–Crippen LogP) is 5.37. The van der Waals surface area contributed by atoms with E-state index in [1.807, 2.05) is 19.9 Å². The van der Waals surface area contributed by atoms with Gasteiger partial charge >= 0.3 is 6.03 Å². The summed E-state index contributed by atoms with van der Waals surface area (Å²) in [5.74, 6) is -1.11. The lowest BCUT2D eigenvalue weighted by atomic mass is 9.90. The molecule has 162 valence electrons. The number of thiazole rings is 1. The van der Waals surface area contributed by atoms with E-state index in [0.717, 1.165) is 11.3 Å². The van der Waals surface area contributed by atoms with E-state index >= 15 is 0 Å². The van der Waals surface area contributed by atoms with Crippen molar-refractivity contribution in [3.63, 3.8) is 0 Å². The molecule has 0 aliphatic heterocycles. The Hall–Kier alpha value is -2.35. The average molecular weight is 452 g/mol. The van der Waals surface area contributed by atoms with Crippen LogP contribution in [0.2, 0.25) is 0 Å². The van der Waals surface area contributed by atoms with E-state index in [1.54, 1.807) is 27.7 Å². The van der Waals surface area contributed by atoms with Gasteiger partial charge in [0.2, 0.25) is 0 Å². The quantitative estimate of drug-likeness (QED) is 0.593. The number of carbonyl (C=O) groups excluding carboxylic acids is 1. The molecule has 2 aromatic rings. The standard InChI is InChI=1S/C20H24FN4O3S2/c1-10(2)13-7-12(8-22)16(21)15(11(3)4)17(13)24-19(26)25-30(28)14-9-23-18(29-14)20(5,6)27/h7,9-11,27H,1-6H3,(H,24,26)/q-1. The Labute approximate surface area is 181 Å². The smallest absolute Gasteiger partial charge is 0.322 e. The molecule has 7 nitrogen and oxygen atoms in total. The van der Waals surface area contributed by atoms with E-state index in [4.69, 9.17) is 0 Å². The van der Waals surface area contributed by atoms with Gasteiger partial charge < -0.3 is 19.0 Å². The van der Waals surface area contributed by atoms with Crippen molar-refractivity contribution in [2.75, 3.05) is 5.32 Å². The molecule has 0 aliphatic carbocycles. The number of benzene rings is 1. The van der Waals surface area contributed by atoms with Crippen LogP contribution in [-0.4, -0.2) is 16.1 Å². The largest absolute Gasteiger partial charge is 0.439 e. The number of halogens is 1. The van der Waals surface area contributed by atoms with Crippen molar-refractivity contribution in [2.45, 2.75) is 63.2 Å². The zero-order valence-electron chi connectivity index (χ0n) is 17.6. The van der Waals surface area contributed by atoms with Crippen LogP contribution in [0.5, 0.6) is 0 Å². The van der Waals surface area contributed by atoms with Crippen molar-refractivity contribution >= 4 is 33.7 Å². The van der Waals surface area contributed by atoms with Crippen LogP contribution in [-0.2, 0) is 20.4 Å². The third-order valence-corrected chi connectivity index (χ3v) is 6.79. The summed E-state index contributed by atoms with van der Waals surface area (Å²) in [5.41, 5.74) is -0.260. The van der Waals surface area contributed by atoms with Crippen LogP contribution in [0.1, 0.15) is 75.1 Å². The molecule has 0 atom stereocenters. The van der Waals surface area contributed by atoms with Gasteiger partial charge in [0.15, 0.2) is 0 Å². The number of nitrogens with zero attached hydrogens (tertiary/aromatic N) is 3. The number of nitrogens with one attached hydrogen (secondary N) is 1. The normalized spacial score (nSPS) is 13.0. The molecule has 0 unspecified atom stereocenters. The second kappa shape index (κ2) is 9.20. The molecule has 0 aliphatic rings. The van der Waals surface area contributed by atoms with E-state index in [9.17, 15) is 23.8 Å². The monoisotopic (exact) mass is 451 g/mol. The Bertz CT molecular complexity index is 1090. The first kappa shape index (κ1) is 23.9. The Balaban J connectivity index is 2.46. The summed E-state index contributed by atoms with van der Waals surface area (Å²) < 4.78 is 31.1. The Morgan fingerprint density at radius 3 is 2.47 bits per heavy atom.